The lowest BCUT2D eigenvalue weighted by atomic mass is 10.2. The molecule has 1 aromatic rings. The number of carbonyl (C=O) groups is 1. The average molecular weight is 243 g/mol. The fourth-order valence-electron chi connectivity index (χ4n) is 1.28. The van der Waals surface area contributed by atoms with E-state index < -0.39 is 0 Å². The van der Waals surface area contributed by atoms with Crippen molar-refractivity contribution in [3.63, 3.8) is 0 Å². The van der Waals surface area contributed by atoms with E-state index in [0.717, 1.165) is 12.1 Å². The third-order valence-corrected chi connectivity index (χ3v) is 2.19. The minimum atomic E-state index is -0.136. The number of nitrogens with zero attached hydrogens (tertiary/aromatic N) is 1. The van der Waals surface area contributed by atoms with Crippen LogP contribution in [0.15, 0.2) is 12.1 Å². The second kappa shape index (κ2) is 6.45. The van der Waals surface area contributed by atoms with Gasteiger partial charge in [0.05, 0.1) is 0 Å². The number of amides is 1. The number of hydrogen-bond donors (Lipinski definition) is 1. The maximum Gasteiger partial charge on any atom is 0.251 e. The summed E-state index contributed by atoms with van der Waals surface area (Å²) in [6.07, 6.45) is 0.792. The number of ether oxygens (including phenoxy) is 1. The van der Waals surface area contributed by atoms with Gasteiger partial charge in [-0.25, -0.2) is 4.98 Å². The zero-order valence-corrected chi connectivity index (χ0v) is 10.2. The second-order valence-electron chi connectivity index (χ2n) is 3.42. The molecule has 0 radical (unpaired) electrons. The molecule has 0 saturated heterocycles. The van der Waals surface area contributed by atoms with Gasteiger partial charge in [0, 0.05) is 31.5 Å². The molecule has 0 aliphatic heterocycles. The van der Waals surface area contributed by atoms with Crippen LogP contribution in [-0.2, 0) is 4.74 Å². The lowest BCUT2D eigenvalue weighted by molar-refractivity contribution is 0.0948. The van der Waals surface area contributed by atoms with Crippen molar-refractivity contribution in [2.45, 2.75) is 13.3 Å². The van der Waals surface area contributed by atoms with Crippen LogP contribution in [0.5, 0.6) is 0 Å². The number of halogens is 1. The van der Waals surface area contributed by atoms with Crippen LogP contribution in [0.3, 0.4) is 0 Å². The van der Waals surface area contributed by atoms with Gasteiger partial charge in [0.2, 0.25) is 0 Å². The summed E-state index contributed by atoms with van der Waals surface area (Å²) in [5.74, 6) is -0.136. The molecule has 5 heteroatoms. The number of nitrogens with one attached hydrogen (secondary N) is 1. The maximum absolute atomic E-state index is 11.7. The first kappa shape index (κ1) is 12.9. The predicted octanol–water partition coefficient (Wildman–Crippen LogP) is 1.81. The highest BCUT2D eigenvalue weighted by Crippen LogP contribution is 2.10. The van der Waals surface area contributed by atoms with E-state index in [9.17, 15) is 4.79 Å². The Kier molecular flexibility index (Phi) is 5.22. The molecule has 0 unspecified atom stereocenters. The largest absolute Gasteiger partial charge is 0.385 e. The van der Waals surface area contributed by atoms with E-state index >= 15 is 0 Å². The zero-order chi connectivity index (χ0) is 12.0. The van der Waals surface area contributed by atoms with Gasteiger partial charge in [-0.3, -0.25) is 4.79 Å². The molecule has 0 aromatic carbocycles. The highest BCUT2D eigenvalue weighted by atomic mass is 35.5. The van der Waals surface area contributed by atoms with Crippen molar-refractivity contribution in [3.05, 3.63) is 28.5 Å². The van der Waals surface area contributed by atoms with Gasteiger partial charge in [-0.2, -0.15) is 0 Å². The van der Waals surface area contributed by atoms with Gasteiger partial charge in [-0.15, -0.1) is 0 Å². The fourth-order valence-corrected chi connectivity index (χ4v) is 1.53. The molecule has 1 aromatic heterocycles. The van der Waals surface area contributed by atoms with E-state index in [1.807, 2.05) is 0 Å². The predicted molar refractivity (Wildman–Crippen MR) is 62.8 cm³/mol. The number of methoxy groups -OCH3 is 1. The monoisotopic (exact) mass is 242 g/mol. The Morgan fingerprint density at radius 2 is 2.31 bits per heavy atom. The molecule has 1 amide bonds. The fraction of sp³-hybridized carbons (Fsp3) is 0.455. The van der Waals surface area contributed by atoms with Crippen molar-refractivity contribution in [2.75, 3.05) is 20.3 Å². The van der Waals surface area contributed by atoms with Gasteiger partial charge in [-0.05, 0) is 25.5 Å². The van der Waals surface area contributed by atoms with Crippen molar-refractivity contribution in [2.24, 2.45) is 0 Å². The van der Waals surface area contributed by atoms with Gasteiger partial charge in [0.15, 0.2) is 0 Å². The summed E-state index contributed by atoms with van der Waals surface area (Å²) in [5.41, 5.74) is 1.27. The molecule has 0 aliphatic carbocycles. The molecule has 0 spiro atoms. The summed E-state index contributed by atoms with van der Waals surface area (Å²) < 4.78 is 4.89. The summed E-state index contributed by atoms with van der Waals surface area (Å²) in [6, 6.07) is 3.26. The van der Waals surface area contributed by atoms with Crippen LogP contribution in [0.2, 0.25) is 5.15 Å². The summed E-state index contributed by atoms with van der Waals surface area (Å²) in [4.78, 5) is 15.7. The van der Waals surface area contributed by atoms with E-state index in [4.69, 9.17) is 16.3 Å². The van der Waals surface area contributed by atoms with E-state index in [-0.39, 0.29) is 5.91 Å². The van der Waals surface area contributed by atoms with Crippen molar-refractivity contribution in [1.82, 2.24) is 10.3 Å². The highest BCUT2D eigenvalue weighted by Gasteiger charge is 2.06. The normalized spacial score (nSPS) is 10.2. The van der Waals surface area contributed by atoms with Gasteiger partial charge in [0.25, 0.3) is 5.91 Å². The second-order valence-corrected chi connectivity index (χ2v) is 3.81. The maximum atomic E-state index is 11.7. The molecule has 1 N–H and O–H groups in total. The minimum Gasteiger partial charge on any atom is -0.385 e. The van der Waals surface area contributed by atoms with Crippen LogP contribution in [-0.4, -0.2) is 31.2 Å². The van der Waals surface area contributed by atoms with Crippen molar-refractivity contribution < 1.29 is 9.53 Å². The zero-order valence-electron chi connectivity index (χ0n) is 9.42. The van der Waals surface area contributed by atoms with Crippen LogP contribution >= 0.6 is 11.6 Å². The van der Waals surface area contributed by atoms with E-state index in [1.165, 1.54) is 0 Å². The molecule has 88 valence electrons. The number of aryl methyl sites for hydroxylation is 1. The average Bonchev–Trinajstić information content (AvgIpc) is 2.22. The molecule has 4 nitrogen and oxygen atoms in total. The molecule has 0 aliphatic rings. The molecule has 0 atom stereocenters. The summed E-state index contributed by atoms with van der Waals surface area (Å²) in [5, 5.41) is 3.12. The Morgan fingerprint density at radius 3 is 2.94 bits per heavy atom. The standard InChI is InChI=1S/C11H15ClN2O2/c1-8-6-9(7-10(12)14-8)11(15)13-4-3-5-16-2/h6-7H,3-5H2,1-2H3,(H,13,15). The first-order valence-corrected chi connectivity index (χ1v) is 5.42. The van der Waals surface area contributed by atoms with Gasteiger partial charge < -0.3 is 10.1 Å². The number of pyridine rings is 1. The smallest absolute Gasteiger partial charge is 0.251 e. The SMILES string of the molecule is COCCCNC(=O)c1cc(C)nc(Cl)c1. The van der Waals surface area contributed by atoms with Crippen molar-refractivity contribution in [1.29, 1.82) is 0 Å². The first-order chi connectivity index (χ1) is 7.63. The number of carbonyl (C=O) groups excluding carboxylic acids is 1. The molecule has 0 bridgehead atoms. The van der Waals surface area contributed by atoms with E-state index in [2.05, 4.69) is 10.3 Å². The molecule has 1 rings (SSSR count). The first-order valence-electron chi connectivity index (χ1n) is 5.05. The molecule has 1 heterocycles. The Bertz CT molecular complexity index is 349. The summed E-state index contributed by atoms with van der Waals surface area (Å²) in [7, 11) is 1.63. The summed E-state index contributed by atoms with van der Waals surface area (Å²) in [6.45, 7) is 3.02. The van der Waals surface area contributed by atoms with E-state index in [0.29, 0.717) is 23.9 Å². The molecule has 0 fully saturated rings. The number of aromatic nitrogens is 1. The number of rotatable bonds is 5. The Hall–Kier alpha value is -1.13. The Balaban J connectivity index is 2.52. The molecule has 16 heavy (non-hydrogen) atoms. The highest BCUT2D eigenvalue weighted by molar-refractivity contribution is 6.29. The van der Waals surface area contributed by atoms with Gasteiger partial charge in [-0.1, -0.05) is 11.6 Å². The third kappa shape index (κ3) is 4.16. The Labute approximate surface area is 100.0 Å². The quantitative estimate of drug-likeness (QED) is 0.633. The van der Waals surface area contributed by atoms with E-state index in [1.54, 1.807) is 26.2 Å². The topological polar surface area (TPSA) is 51.2 Å². The molecular weight excluding hydrogens is 228 g/mol. The molecule has 0 saturated carbocycles. The van der Waals surface area contributed by atoms with Gasteiger partial charge in [0.1, 0.15) is 5.15 Å². The van der Waals surface area contributed by atoms with Crippen LogP contribution in [0.4, 0.5) is 0 Å². The lowest BCUT2D eigenvalue weighted by Gasteiger charge is -2.05. The van der Waals surface area contributed by atoms with Crippen LogP contribution in [0.1, 0.15) is 22.5 Å². The number of hydrogen-bond acceptors (Lipinski definition) is 3. The van der Waals surface area contributed by atoms with Crippen LogP contribution in [0.25, 0.3) is 0 Å². The lowest BCUT2D eigenvalue weighted by Crippen LogP contribution is -2.25. The summed E-state index contributed by atoms with van der Waals surface area (Å²) >= 11 is 5.77. The van der Waals surface area contributed by atoms with Crippen molar-refractivity contribution >= 4 is 17.5 Å². The minimum absolute atomic E-state index is 0.136. The third-order valence-electron chi connectivity index (χ3n) is 2.00. The van der Waals surface area contributed by atoms with Gasteiger partial charge >= 0.3 is 0 Å². The van der Waals surface area contributed by atoms with Crippen LogP contribution < -0.4 is 5.32 Å². The van der Waals surface area contributed by atoms with Crippen molar-refractivity contribution in [3.8, 4) is 0 Å². The molecular formula is C11H15ClN2O2. The van der Waals surface area contributed by atoms with Crippen LogP contribution in [0, 0.1) is 6.92 Å². The Morgan fingerprint density at radius 1 is 1.56 bits per heavy atom.